The molecule has 19 heavy (non-hydrogen) atoms. The molecule has 5 heteroatoms. The lowest BCUT2D eigenvalue weighted by Gasteiger charge is -2.35. The van der Waals surface area contributed by atoms with Crippen LogP contribution in [0.15, 0.2) is 18.5 Å². The Kier molecular flexibility index (Phi) is 4.37. The fourth-order valence-electron chi connectivity index (χ4n) is 2.43. The van der Waals surface area contributed by atoms with Gasteiger partial charge in [-0.05, 0) is 26.8 Å². The van der Waals surface area contributed by atoms with E-state index in [1.54, 1.807) is 18.5 Å². The van der Waals surface area contributed by atoms with E-state index < -0.39 is 0 Å². The summed E-state index contributed by atoms with van der Waals surface area (Å²) in [5.41, 5.74) is 1.47. The van der Waals surface area contributed by atoms with Crippen molar-refractivity contribution in [2.75, 3.05) is 25.0 Å². The average molecular weight is 263 g/mol. The maximum Gasteiger partial charge on any atom is 0.256 e. The van der Waals surface area contributed by atoms with Crippen molar-refractivity contribution in [2.45, 2.75) is 33.0 Å². The van der Waals surface area contributed by atoms with Gasteiger partial charge in [0.2, 0.25) is 0 Å². The normalized spacial score (nSPS) is 23.2. The first-order valence-corrected chi connectivity index (χ1v) is 6.74. The van der Waals surface area contributed by atoms with Crippen LogP contribution >= 0.6 is 0 Å². The number of amides is 1. The number of carbonyl (C=O) groups is 1. The summed E-state index contributed by atoms with van der Waals surface area (Å²) in [6, 6.07) is 1.77. The van der Waals surface area contributed by atoms with Gasteiger partial charge in [0, 0.05) is 25.8 Å². The Balaban J connectivity index is 2.19. The third-order valence-corrected chi connectivity index (χ3v) is 3.13. The van der Waals surface area contributed by atoms with Crippen LogP contribution in [0.2, 0.25) is 0 Å². The van der Waals surface area contributed by atoms with E-state index in [4.69, 9.17) is 4.74 Å². The summed E-state index contributed by atoms with van der Waals surface area (Å²) < 4.78 is 5.66. The summed E-state index contributed by atoms with van der Waals surface area (Å²) in [5.74, 6) is 0.0420. The third kappa shape index (κ3) is 3.23. The van der Waals surface area contributed by atoms with Crippen molar-refractivity contribution in [1.82, 2.24) is 9.88 Å². The monoisotopic (exact) mass is 263 g/mol. The maximum absolute atomic E-state index is 12.6. The van der Waals surface area contributed by atoms with Crippen LogP contribution in [-0.4, -0.2) is 47.6 Å². The van der Waals surface area contributed by atoms with Crippen LogP contribution in [0.3, 0.4) is 0 Å². The van der Waals surface area contributed by atoms with Crippen molar-refractivity contribution < 1.29 is 9.53 Å². The summed E-state index contributed by atoms with van der Waals surface area (Å²) >= 11 is 0. The number of morpholine rings is 1. The van der Waals surface area contributed by atoms with Crippen LogP contribution in [0.25, 0.3) is 0 Å². The van der Waals surface area contributed by atoms with Gasteiger partial charge in [0.15, 0.2) is 0 Å². The molecule has 104 valence electrons. The quantitative estimate of drug-likeness (QED) is 0.903. The number of nitrogens with one attached hydrogen (secondary N) is 1. The second kappa shape index (κ2) is 6.02. The summed E-state index contributed by atoms with van der Waals surface area (Å²) in [7, 11) is 0. The number of rotatable bonds is 3. The topological polar surface area (TPSA) is 54.5 Å². The molecule has 1 N–H and O–H groups in total. The molecule has 2 heterocycles. The Morgan fingerprint density at radius 2 is 2.16 bits per heavy atom. The van der Waals surface area contributed by atoms with Crippen molar-refractivity contribution in [2.24, 2.45) is 0 Å². The zero-order chi connectivity index (χ0) is 13.8. The summed E-state index contributed by atoms with van der Waals surface area (Å²) in [6.07, 6.45) is 3.51. The lowest BCUT2D eigenvalue weighted by atomic mass is 10.1. The Labute approximate surface area is 114 Å². The van der Waals surface area contributed by atoms with E-state index >= 15 is 0 Å². The molecule has 1 aromatic heterocycles. The Hall–Kier alpha value is -1.62. The summed E-state index contributed by atoms with van der Waals surface area (Å²) in [4.78, 5) is 18.5. The zero-order valence-electron chi connectivity index (χ0n) is 11.7. The third-order valence-electron chi connectivity index (χ3n) is 3.13. The fraction of sp³-hybridized carbons (Fsp3) is 0.571. The van der Waals surface area contributed by atoms with Crippen molar-refractivity contribution in [3.05, 3.63) is 24.0 Å². The molecule has 0 radical (unpaired) electrons. The van der Waals surface area contributed by atoms with Crippen LogP contribution in [0, 0.1) is 0 Å². The first-order chi connectivity index (χ1) is 9.11. The minimum Gasteiger partial charge on any atom is -0.383 e. The van der Waals surface area contributed by atoms with Crippen LogP contribution in [0.4, 0.5) is 5.69 Å². The molecule has 1 aliphatic heterocycles. The van der Waals surface area contributed by atoms with Gasteiger partial charge in [-0.3, -0.25) is 9.78 Å². The number of anilines is 1. The van der Waals surface area contributed by atoms with Crippen LogP contribution in [-0.2, 0) is 4.74 Å². The first-order valence-electron chi connectivity index (χ1n) is 6.74. The maximum atomic E-state index is 12.6. The van der Waals surface area contributed by atoms with E-state index in [-0.39, 0.29) is 18.1 Å². The minimum absolute atomic E-state index is 0.0420. The van der Waals surface area contributed by atoms with Crippen molar-refractivity contribution in [1.29, 1.82) is 0 Å². The Morgan fingerprint density at radius 3 is 2.79 bits per heavy atom. The molecule has 1 fully saturated rings. The van der Waals surface area contributed by atoms with E-state index in [1.807, 2.05) is 25.7 Å². The predicted octanol–water partition coefficient (Wildman–Crippen LogP) is 1.76. The van der Waals surface area contributed by atoms with Gasteiger partial charge in [-0.25, -0.2) is 0 Å². The number of carbonyl (C=O) groups excluding carboxylic acids is 1. The second-order valence-corrected chi connectivity index (χ2v) is 4.92. The van der Waals surface area contributed by atoms with Gasteiger partial charge >= 0.3 is 0 Å². The zero-order valence-corrected chi connectivity index (χ0v) is 11.7. The van der Waals surface area contributed by atoms with Crippen LogP contribution in [0.1, 0.15) is 31.1 Å². The number of pyridine rings is 1. The van der Waals surface area contributed by atoms with Gasteiger partial charge < -0.3 is 15.0 Å². The molecule has 0 aliphatic carbocycles. The van der Waals surface area contributed by atoms with Gasteiger partial charge in [-0.1, -0.05) is 0 Å². The fourth-order valence-corrected chi connectivity index (χ4v) is 2.43. The van der Waals surface area contributed by atoms with Crippen LogP contribution in [0.5, 0.6) is 0 Å². The summed E-state index contributed by atoms with van der Waals surface area (Å²) in [5, 5.41) is 3.18. The molecule has 5 nitrogen and oxygen atoms in total. The van der Waals surface area contributed by atoms with E-state index in [9.17, 15) is 4.79 Å². The van der Waals surface area contributed by atoms with Gasteiger partial charge in [0.25, 0.3) is 5.91 Å². The van der Waals surface area contributed by atoms with Crippen molar-refractivity contribution >= 4 is 11.6 Å². The molecule has 1 aliphatic rings. The van der Waals surface area contributed by atoms with Crippen LogP contribution < -0.4 is 5.32 Å². The highest BCUT2D eigenvalue weighted by atomic mass is 16.5. The van der Waals surface area contributed by atoms with E-state index in [1.165, 1.54) is 0 Å². The summed E-state index contributed by atoms with van der Waals surface area (Å²) in [6.45, 7) is 8.03. The highest BCUT2D eigenvalue weighted by Gasteiger charge is 2.27. The van der Waals surface area contributed by atoms with E-state index in [2.05, 4.69) is 10.3 Å². The number of hydrogen-bond acceptors (Lipinski definition) is 4. The molecule has 1 aromatic rings. The average Bonchev–Trinajstić information content (AvgIpc) is 2.38. The highest BCUT2D eigenvalue weighted by molar-refractivity contribution is 5.99. The molecule has 2 rings (SSSR count). The molecule has 0 spiro atoms. The molecule has 1 amide bonds. The van der Waals surface area contributed by atoms with Gasteiger partial charge in [0.05, 0.1) is 29.7 Å². The number of ether oxygens (including phenoxy) is 1. The Bertz CT molecular complexity index is 440. The van der Waals surface area contributed by atoms with Crippen molar-refractivity contribution in [3.8, 4) is 0 Å². The number of aromatic nitrogens is 1. The predicted molar refractivity (Wildman–Crippen MR) is 74.3 cm³/mol. The minimum atomic E-state index is 0.0420. The number of hydrogen-bond donors (Lipinski definition) is 1. The SMILES string of the molecule is CCNc1cnccc1C(=O)N1CC(C)OC(C)C1. The molecule has 0 aromatic carbocycles. The lowest BCUT2D eigenvalue weighted by molar-refractivity contribution is -0.0585. The largest absolute Gasteiger partial charge is 0.383 e. The highest BCUT2D eigenvalue weighted by Crippen LogP contribution is 2.19. The van der Waals surface area contributed by atoms with Crippen molar-refractivity contribution in [3.63, 3.8) is 0 Å². The molecule has 2 unspecified atom stereocenters. The number of nitrogens with zero attached hydrogens (tertiary/aromatic N) is 2. The Morgan fingerprint density at radius 1 is 1.47 bits per heavy atom. The smallest absolute Gasteiger partial charge is 0.256 e. The van der Waals surface area contributed by atoms with E-state index in [0.717, 1.165) is 12.2 Å². The molecule has 0 saturated carbocycles. The van der Waals surface area contributed by atoms with Gasteiger partial charge in [-0.2, -0.15) is 0 Å². The standard InChI is InChI=1S/C14H21N3O2/c1-4-16-13-7-15-6-5-12(13)14(18)17-8-10(2)19-11(3)9-17/h5-7,10-11,16H,4,8-9H2,1-3H3. The van der Waals surface area contributed by atoms with E-state index in [0.29, 0.717) is 18.7 Å². The molecule has 1 saturated heterocycles. The second-order valence-electron chi connectivity index (χ2n) is 4.92. The first kappa shape index (κ1) is 13.8. The lowest BCUT2D eigenvalue weighted by Crippen LogP contribution is -2.48. The molecular weight excluding hydrogens is 242 g/mol. The molecular formula is C14H21N3O2. The molecule has 2 atom stereocenters. The van der Waals surface area contributed by atoms with Gasteiger partial charge in [0.1, 0.15) is 0 Å². The van der Waals surface area contributed by atoms with Gasteiger partial charge in [-0.15, -0.1) is 0 Å². The molecule has 0 bridgehead atoms.